The van der Waals surface area contributed by atoms with E-state index in [1.54, 1.807) is 0 Å². The monoisotopic (exact) mass is 882 g/mol. The normalized spacial score (nSPS) is 15.8. The highest BCUT2D eigenvalue weighted by atomic mass is 31.2. The van der Waals surface area contributed by atoms with Crippen LogP contribution in [0.5, 0.6) is 0 Å². The SMILES string of the molecule is CC(C)(C)C1=CC(=P(NCC[NH2+]CC[NH2+]P(=C2C=C(C(C)(C)C)C=C(C(C)(C)C)C2=O)(c2ccccc2)c2ccccc2)(c2ccccc2)c2ccccc2)C(=O)C(C(C)(C)C)=C1. The van der Waals surface area contributed by atoms with Gasteiger partial charge >= 0.3 is 0 Å². The van der Waals surface area contributed by atoms with Crippen molar-refractivity contribution in [1.82, 2.24) is 5.09 Å². The van der Waals surface area contributed by atoms with Gasteiger partial charge in [0.15, 0.2) is 11.6 Å². The first-order chi connectivity index (χ1) is 29.6. The minimum Gasteiger partial charge on any atom is -0.341 e. The quantitative estimate of drug-likeness (QED) is 0.0992. The fraction of sp³-hybridized carbons (Fsp3) is 0.357. The highest BCUT2D eigenvalue weighted by Gasteiger charge is 2.41. The third-order valence-corrected chi connectivity index (χ3v) is 20.3. The smallest absolute Gasteiger partial charge is 0.195 e. The van der Waals surface area contributed by atoms with E-state index >= 15 is 9.59 Å². The molecule has 0 heterocycles. The van der Waals surface area contributed by atoms with Crippen molar-refractivity contribution in [2.75, 3.05) is 26.2 Å². The molecule has 5 N–H and O–H groups in total. The zero-order valence-corrected chi connectivity index (χ0v) is 41.8. The second-order valence-electron chi connectivity index (χ2n) is 21.2. The van der Waals surface area contributed by atoms with E-state index in [1.165, 1.54) is 21.8 Å². The predicted molar refractivity (Wildman–Crippen MR) is 275 cm³/mol. The van der Waals surface area contributed by atoms with Crippen molar-refractivity contribution in [3.63, 3.8) is 0 Å². The van der Waals surface area contributed by atoms with Crippen LogP contribution in [0.4, 0.5) is 0 Å². The Morgan fingerprint density at radius 2 is 0.794 bits per heavy atom. The minimum atomic E-state index is -2.65. The van der Waals surface area contributed by atoms with E-state index in [1.807, 2.05) is 0 Å². The van der Waals surface area contributed by atoms with Crippen LogP contribution in [0.3, 0.4) is 0 Å². The third-order valence-electron chi connectivity index (χ3n) is 12.3. The van der Waals surface area contributed by atoms with Gasteiger partial charge in [-0.05, 0) is 79.8 Å². The van der Waals surface area contributed by atoms with Gasteiger partial charge in [-0.3, -0.25) is 14.7 Å². The molecule has 0 amide bonds. The minimum absolute atomic E-state index is 0.132. The van der Waals surface area contributed by atoms with Crippen LogP contribution in [0.2, 0.25) is 0 Å². The van der Waals surface area contributed by atoms with Crippen molar-refractivity contribution in [1.29, 1.82) is 0 Å². The summed E-state index contributed by atoms with van der Waals surface area (Å²) in [6.45, 7) is 29.6. The lowest BCUT2D eigenvalue weighted by Crippen LogP contribution is -2.94. The summed E-state index contributed by atoms with van der Waals surface area (Å²) in [5, 5.41) is 15.5. The van der Waals surface area contributed by atoms with Gasteiger partial charge in [0, 0.05) is 40.6 Å². The van der Waals surface area contributed by atoms with Gasteiger partial charge in [0.2, 0.25) is 0 Å². The topological polar surface area (TPSA) is 79.4 Å². The Labute approximate surface area is 379 Å². The number of nitrogens with two attached hydrogens (primary N) is 2. The average molecular weight is 882 g/mol. The van der Waals surface area contributed by atoms with E-state index in [4.69, 9.17) is 0 Å². The van der Waals surface area contributed by atoms with E-state index in [2.05, 4.69) is 244 Å². The van der Waals surface area contributed by atoms with Crippen LogP contribution in [0.25, 0.3) is 0 Å². The van der Waals surface area contributed by atoms with Crippen molar-refractivity contribution in [2.24, 2.45) is 21.7 Å². The van der Waals surface area contributed by atoms with Crippen molar-refractivity contribution in [3.05, 3.63) is 168 Å². The number of carbonyl (C=O) groups excluding carboxylic acids is 2. The molecule has 0 bridgehead atoms. The maximum atomic E-state index is 15.1. The van der Waals surface area contributed by atoms with Crippen molar-refractivity contribution < 1.29 is 20.0 Å². The Kier molecular flexibility index (Phi) is 14.5. The van der Waals surface area contributed by atoms with Crippen LogP contribution in [0.1, 0.15) is 83.1 Å². The Bertz CT molecular complexity index is 2270. The Balaban J connectivity index is 1.39. The zero-order chi connectivity index (χ0) is 45.8. The molecular weight excluding hydrogens is 809 g/mol. The molecule has 7 heteroatoms. The highest BCUT2D eigenvalue weighted by molar-refractivity contribution is 7.89. The number of carbonyl (C=O) groups is 2. The molecule has 0 saturated carbocycles. The van der Waals surface area contributed by atoms with E-state index < -0.39 is 14.1 Å². The van der Waals surface area contributed by atoms with Gasteiger partial charge in [-0.2, -0.15) is 0 Å². The van der Waals surface area contributed by atoms with Gasteiger partial charge < -0.3 is 10.4 Å². The van der Waals surface area contributed by atoms with E-state index in [9.17, 15) is 0 Å². The molecule has 0 spiro atoms. The number of hydrogen-bond acceptors (Lipinski definition) is 3. The molecule has 6 rings (SSSR count). The van der Waals surface area contributed by atoms with Crippen LogP contribution in [-0.2, 0) is 9.59 Å². The summed E-state index contributed by atoms with van der Waals surface area (Å²) in [5.74, 6) is 0.290. The fourth-order valence-corrected chi connectivity index (χ4v) is 16.6. The number of Topliss-reactive ketones (excluding diaryl/α,β-unsaturated/α-hetero) is 2. The first-order valence-electron chi connectivity index (χ1n) is 22.8. The molecular formula is C56H73N3O2P2+2. The molecule has 0 atom stereocenters. The van der Waals surface area contributed by atoms with Gasteiger partial charge in [0.1, 0.15) is 20.1 Å². The molecule has 2 aliphatic carbocycles. The molecule has 332 valence electrons. The molecule has 5 nitrogen and oxygen atoms in total. The van der Waals surface area contributed by atoms with Gasteiger partial charge in [-0.25, -0.2) is 0 Å². The summed E-state index contributed by atoms with van der Waals surface area (Å²) in [5.41, 5.74) is 3.17. The first kappa shape index (κ1) is 48.1. The average Bonchev–Trinajstić information content (AvgIpc) is 3.23. The Morgan fingerprint density at radius 1 is 0.429 bits per heavy atom. The molecule has 4 aromatic rings. The molecule has 0 aromatic heterocycles. The standard InChI is InChI=1S/C56H71N3O2P2/c1-53(2,3)41-37-47(55(7,8)9)51(60)49(39-41)62(43-25-17-13-18-26-43,44-27-19-14-20-28-44)58-35-33-57-34-36-59-63(45-29-21-15-22-30-45,46-31-23-16-24-32-46)50-40-42(54(4,5)6)38-48(52(50)61)56(10,11)12/h13-32,37-40,57-59H,33-36H2,1-12H3/p+2. The summed E-state index contributed by atoms with van der Waals surface area (Å²) in [6.07, 6.45) is 8.80. The first-order valence-corrected chi connectivity index (χ1v) is 26.4. The summed E-state index contributed by atoms with van der Waals surface area (Å²) in [4.78, 5) is 30.1. The largest absolute Gasteiger partial charge is 0.341 e. The molecule has 0 saturated heterocycles. The predicted octanol–water partition coefficient (Wildman–Crippen LogP) is 8.27. The Hall–Kier alpha value is -4.34. The van der Waals surface area contributed by atoms with Gasteiger partial charge in [-0.1, -0.05) is 192 Å². The van der Waals surface area contributed by atoms with Crippen LogP contribution >= 0.6 is 14.1 Å². The molecule has 0 radical (unpaired) electrons. The van der Waals surface area contributed by atoms with Crippen molar-refractivity contribution in [3.8, 4) is 0 Å². The van der Waals surface area contributed by atoms with E-state index in [0.29, 0.717) is 6.54 Å². The number of rotatable bonds is 12. The Morgan fingerprint density at radius 3 is 1.17 bits per heavy atom. The number of nitrogens with one attached hydrogen (secondary N) is 1. The molecule has 4 aromatic carbocycles. The second kappa shape index (κ2) is 19.0. The fourth-order valence-electron chi connectivity index (χ4n) is 8.64. The molecule has 0 fully saturated rings. The number of quaternary nitrogens is 2. The summed E-state index contributed by atoms with van der Waals surface area (Å²) >= 11 is 0. The van der Waals surface area contributed by atoms with Crippen LogP contribution in [0.15, 0.2) is 168 Å². The lowest BCUT2D eigenvalue weighted by Gasteiger charge is -2.36. The summed E-state index contributed by atoms with van der Waals surface area (Å²) in [7, 11) is -5.18. The maximum Gasteiger partial charge on any atom is 0.195 e. The van der Waals surface area contributed by atoms with Gasteiger partial charge in [0.05, 0.1) is 11.8 Å². The van der Waals surface area contributed by atoms with Crippen molar-refractivity contribution in [2.45, 2.75) is 83.1 Å². The lowest BCUT2D eigenvalue weighted by atomic mass is 9.75. The molecule has 0 aliphatic heterocycles. The second-order valence-corrected chi connectivity index (χ2v) is 27.7. The molecule has 63 heavy (non-hydrogen) atoms. The van der Waals surface area contributed by atoms with Crippen molar-refractivity contribution >= 4 is 57.4 Å². The lowest BCUT2D eigenvalue weighted by molar-refractivity contribution is -0.679. The van der Waals surface area contributed by atoms with Crippen LogP contribution in [0, 0.1) is 21.7 Å². The summed E-state index contributed by atoms with van der Waals surface area (Å²) < 4.78 is 0. The van der Waals surface area contributed by atoms with Gasteiger partial charge in [-0.15, -0.1) is 0 Å². The number of hydrogen-bond donors (Lipinski definition) is 3. The number of benzene rings is 4. The van der Waals surface area contributed by atoms with Crippen LogP contribution in [-0.4, -0.2) is 48.3 Å². The number of ketones is 2. The highest BCUT2D eigenvalue weighted by Crippen LogP contribution is 2.48. The molecule has 2 aliphatic rings. The zero-order valence-electron chi connectivity index (χ0n) is 40.1. The number of allylic oxidation sites excluding steroid dienone is 8. The maximum absolute atomic E-state index is 15.1. The van der Waals surface area contributed by atoms with Crippen LogP contribution < -0.4 is 36.7 Å². The summed E-state index contributed by atoms with van der Waals surface area (Å²) in [6, 6.07) is 42.8. The third kappa shape index (κ3) is 10.3. The van der Waals surface area contributed by atoms with E-state index in [-0.39, 0.29) is 33.2 Å². The molecule has 0 unspecified atom stereocenters. The van der Waals surface area contributed by atoms with Gasteiger partial charge in [0.25, 0.3) is 0 Å². The van der Waals surface area contributed by atoms with E-state index in [0.717, 1.165) is 52.0 Å².